The first-order valence-corrected chi connectivity index (χ1v) is 7.04. The van der Waals surface area contributed by atoms with Crippen LogP contribution in [0.3, 0.4) is 0 Å². The van der Waals surface area contributed by atoms with Gasteiger partial charge in [0, 0.05) is 12.1 Å². The molecule has 6 nitrogen and oxygen atoms in total. The van der Waals surface area contributed by atoms with Gasteiger partial charge in [-0.1, -0.05) is 0 Å². The van der Waals surface area contributed by atoms with Crippen molar-refractivity contribution in [1.29, 1.82) is 0 Å². The minimum atomic E-state index is -1.75. The van der Waals surface area contributed by atoms with Crippen molar-refractivity contribution in [1.82, 2.24) is 9.97 Å². The van der Waals surface area contributed by atoms with E-state index in [1.807, 2.05) is 0 Å². The fourth-order valence-electron chi connectivity index (χ4n) is 2.26. The predicted octanol–water partition coefficient (Wildman–Crippen LogP) is 3.25. The van der Waals surface area contributed by atoms with Gasteiger partial charge in [0.1, 0.15) is 17.4 Å². The minimum absolute atomic E-state index is 0.0234. The van der Waals surface area contributed by atoms with Crippen LogP contribution in [0, 0.1) is 11.6 Å². The van der Waals surface area contributed by atoms with Crippen LogP contribution >= 0.6 is 11.6 Å². The zero-order valence-corrected chi connectivity index (χ0v) is 13.3. The van der Waals surface area contributed by atoms with E-state index in [0.717, 1.165) is 6.07 Å². The number of fused-ring (bicyclic) bond motifs is 1. The molecule has 0 amide bonds. The molecule has 1 unspecified atom stereocenters. The Bertz CT molecular complexity index is 888. The number of aliphatic hydroxyl groups excluding tert-OH is 1. The lowest BCUT2D eigenvalue weighted by Gasteiger charge is -2.15. The standard InChI is InChI=1S/C15H11ClF2N2O4/c1-22-7-4-8(23-2)13(18)11(12(7)17)14(21)9-3-6-10(24-9)5-19-15(16)20-6/h3-5,14,21H,1-2H3. The molecule has 3 aromatic rings. The van der Waals surface area contributed by atoms with Crippen LogP contribution < -0.4 is 9.47 Å². The number of aromatic nitrogens is 2. The Morgan fingerprint density at radius 3 is 2.38 bits per heavy atom. The van der Waals surface area contributed by atoms with Crippen molar-refractivity contribution < 1.29 is 27.8 Å². The molecule has 0 saturated heterocycles. The maximum Gasteiger partial charge on any atom is 0.223 e. The van der Waals surface area contributed by atoms with Gasteiger partial charge in [-0.15, -0.1) is 0 Å². The van der Waals surface area contributed by atoms with Gasteiger partial charge in [0.25, 0.3) is 0 Å². The number of hydrogen-bond donors (Lipinski definition) is 1. The zero-order chi connectivity index (χ0) is 17.4. The van der Waals surface area contributed by atoms with Gasteiger partial charge in [-0.3, -0.25) is 0 Å². The Balaban J connectivity index is 2.15. The highest BCUT2D eigenvalue weighted by Crippen LogP contribution is 2.38. The van der Waals surface area contributed by atoms with Crippen LogP contribution in [-0.4, -0.2) is 29.3 Å². The molecule has 0 aliphatic heterocycles. The summed E-state index contributed by atoms with van der Waals surface area (Å²) < 4.78 is 43.9. The molecule has 0 bridgehead atoms. The van der Waals surface area contributed by atoms with Crippen molar-refractivity contribution in [3.63, 3.8) is 0 Å². The number of halogens is 3. The smallest absolute Gasteiger partial charge is 0.223 e. The van der Waals surface area contributed by atoms with Gasteiger partial charge in [0.15, 0.2) is 28.7 Å². The van der Waals surface area contributed by atoms with Crippen molar-refractivity contribution in [2.45, 2.75) is 6.10 Å². The average Bonchev–Trinajstić information content (AvgIpc) is 2.98. The third-order valence-corrected chi connectivity index (χ3v) is 3.59. The minimum Gasteiger partial charge on any atom is -0.494 e. The number of ether oxygens (including phenoxy) is 2. The summed E-state index contributed by atoms with van der Waals surface area (Å²) in [6.07, 6.45) is -0.457. The summed E-state index contributed by atoms with van der Waals surface area (Å²) in [4.78, 5) is 7.63. The predicted molar refractivity (Wildman–Crippen MR) is 80.3 cm³/mol. The second kappa shape index (κ2) is 6.21. The molecule has 3 rings (SSSR count). The molecule has 1 atom stereocenters. The van der Waals surface area contributed by atoms with Crippen LogP contribution in [0.5, 0.6) is 11.5 Å². The van der Waals surface area contributed by atoms with E-state index in [1.165, 1.54) is 26.5 Å². The van der Waals surface area contributed by atoms with E-state index in [-0.39, 0.29) is 28.1 Å². The molecule has 1 aromatic carbocycles. The van der Waals surface area contributed by atoms with Crippen LogP contribution in [0.25, 0.3) is 11.1 Å². The molecule has 24 heavy (non-hydrogen) atoms. The van der Waals surface area contributed by atoms with E-state index in [0.29, 0.717) is 5.52 Å². The molecule has 126 valence electrons. The van der Waals surface area contributed by atoms with Gasteiger partial charge < -0.3 is 19.0 Å². The van der Waals surface area contributed by atoms with Crippen molar-refractivity contribution in [2.24, 2.45) is 0 Å². The maximum atomic E-state index is 14.4. The van der Waals surface area contributed by atoms with E-state index < -0.39 is 23.3 Å². The van der Waals surface area contributed by atoms with Crippen LogP contribution in [0.15, 0.2) is 22.7 Å². The summed E-state index contributed by atoms with van der Waals surface area (Å²) in [7, 11) is 2.43. The molecule has 0 aliphatic rings. The molecule has 2 aromatic heterocycles. The Hall–Kier alpha value is -2.45. The number of benzene rings is 1. The molecule has 9 heteroatoms. The number of furan rings is 1. The monoisotopic (exact) mass is 356 g/mol. The number of methoxy groups -OCH3 is 2. The lowest BCUT2D eigenvalue weighted by atomic mass is 10.0. The zero-order valence-electron chi connectivity index (χ0n) is 12.5. The summed E-state index contributed by atoms with van der Waals surface area (Å²) in [5.41, 5.74) is -0.159. The third-order valence-electron chi connectivity index (χ3n) is 3.41. The van der Waals surface area contributed by atoms with Crippen LogP contribution in [-0.2, 0) is 0 Å². The molecular formula is C15H11ClF2N2O4. The van der Waals surface area contributed by atoms with Crippen molar-refractivity contribution in [2.75, 3.05) is 14.2 Å². The molecule has 0 aliphatic carbocycles. The molecule has 0 saturated carbocycles. The van der Waals surface area contributed by atoms with Gasteiger partial charge in [-0.25, -0.2) is 18.7 Å². The lowest BCUT2D eigenvalue weighted by Crippen LogP contribution is -2.08. The van der Waals surface area contributed by atoms with Gasteiger partial charge in [-0.2, -0.15) is 0 Å². The SMILES string of the molecule is COc1cc(OC)c(F)c(C(O)c2cc3nc(Cl)ncc3o2)c1F. The van der Waals surface area contributed by atoms with E-state index in [4.69, 9.17) is 25.5 Å². The summed E-state index contributed by atoms with van der Waals surface area (Å²) in [5, 5.41) is 10.4. The largest absolute Gasteiger partial charge is 0.494 e. The Kier molecular flexibility index (Phi) is 4.25. The first-order chi connectivity index (χ1) is 11.5. The summed E-state index contributed by atoms with van der Waals surface area (Å²) in [6, 6.07) is 2.36. The van der Waals surface area contributed by atoms with E-state index in [1.54, 1.807) is 0 Å². The highest BCUT2D eigenvalue weighted by Gasteiger charge is 2.29. The highest BCUT2D eigenvalue weighted by atomic mass is 35.5. The number of aliphatic hydroxyl groups is 1. The number of rotatable bonds is 4. The van der Waals surface area contributed by atoms with Crippen molar-refractivity contribution in [3.8, 4) is 11.5 Å². The first kappa shape index (κ1) is 16.4. The normalized spacial score (nSPS) is 12.4. The highest BCUT2D eigenvalue weighted by molar-refractivity contribution is 6.28. The van der Waals surface area contributed by atoms with Gasteiger partial charge in [-0.05, 0) is 11.6 Å². The third kappa shape index (κ3) is 2.63. The van der Waals surface area contributed by atoms with Crippen LogP contribution in [0.2, 0.25) is 5.28 Å². The van der Waals surface area contributed by atoms with Gasteiger partial charge in [0.05, 0.1) is 26.0 Å². The molecule has 0 fully saturated rings. The second-order valence-corrected chi connectivity index (χ2v) is 5.10. The quantitative estimate of drug-likeness (QED) is 0.723. The summed E-state index contributed by atoms with van der Waals surface area (Å²) in [6.45, 7) is 0. The Morgan fingerprint density at radius 1 is 1.17 bits per heavy atom. The summed E-state index contributed by atoms with van der Waals surface area (Å²) in [5.74, 6) is -2.81. The summed E-state index contributed by atoms with van der Waals surface area (Å²) >= 11 is 5.67. The Labute approximate surface area is 139 Å². The average molecular weight is 357 g/mol. The van der Waals surface area contributed by atoms with E-state index in [9.17, 15) is 13.9 Å². The van der Waals surface area contributed by atoms with Gasteiger partial charge >= 0.3 is 0 Å². The lowest BCUT2D eigenvalue weighted by molar-refractivity contribution is 0.179. The maximum absolute atomic E-state index is 14.4. The molecule has 2 heterocycles. The number of nitrogens with zero attached hydrogens (tertiary/aromatic N) is 2. The van der Waals surface area contributed by atoms with Crippen molar-refractivity contribution in [3.05, 3.63) is 46.6 Å². The topological polar surface area (TPSA) is 77.6 Å². The molecular weight excluding hydrogens is 346 g/mol. The molecule has 0 radical (unpaired) electrons. The van der Waals surface area contributed by atoms with E-state index in [2.05, 4.69) is 9.97 Å². The van der Waals surface area contributed by atoms with Gasteiger partial charge in [0.2, 0.25) is 5.28 Å². The van der Waals surface area contributed by atoms with Crippen molar-refractivity contribution >= 4 is 22.7 Å². The second-order valence-electron chi connectivity index (χ2n) is 4.76. The fourth-order valence-corrected chi connectivity index (χ4v) is 2.40. The number of hydrogen-bond acceptors (Lipinski definition) is 6. The first-order valence-electron chi connectivity index (χ1n) is 6.66. The van der Waals surface area contributed by atoms with Crippen LogP contribution in [0.1, 0.15) is 17.4 Å². The Morgan fingerprint density at radius 2 is 1.79 bits per heavy atom. The molecule has 1 N–H and O–H groups in total. The van der Waals surface area contributed by atoms with E-state index >= 15 is 0 Å². The fraction of sp³-hybridized carbons (Fsp3) is 0.200. The van der Waals surface area contributed by atoms with Crippen LogP contribution in [0.4, 0.5) is 8.78 Å². The molecule has 0 spiro atoms.